The second kappa shape index (κ2) is 5.53. The van der Waals surface area contributed by atoms with Crippen LogP contribution in [0, 0.1) is 0 Å². The molecule has 0 bridgehead atoms. The van der Waals surface area contributed by atoms with Gasteiger partial charge >= 0.3 is 0 Å². The van der Waals surface area contributed by atoms with Crippen LogP contribution in [-0.2, 0) is 17.8 Å². The molecule has 21 heavy (non-hydrogen) atoms. The fraction of sp³-hybridized carbons (Fsp3) is 0.429. The van der Waals surface area contributed by atoms with Crippen molar-refractivity contribution in [3.8, 4) is 0 Å². The number of hydrogen-bond donors (Lipinski definition) is 1. The van der Waals surface area contributed by atoms with Crippen molar-refractivity contribution in [1.29, 1.82) is 0 Å². The highest BCUT2D eigenvalue weighted by atomic mass is 79.9. The van der Waals surface area contributed by atoms with Gasteiger partial charge in [-0.1, -0.05) is 34.3 Å². The van der Waals surface area contributed by atoms with Crippen LogP contribution < -0.4 is 5.73 Å². The smallest absolute Gasteiger partial charge is 0.191 e. The SMILES string of the molecule is C=C(Br)CSc1nc(N)c2c3c(sc2n1)COC(C)(C)C3. The maximum atomic E-state index is 6.19. The Morgan fingerprint density at radius 3 is 3.00 bits per heavy atom. The first kappa shape index (κ1) is 15.3. The number of ether oxygens (including phenoxy) is 1. The Bertz CT molecular complexity index is 727. The summed E-state index contributed by atoms with van der Waals surface area (Å²) in [6.45, 7) is 8.65. The van der Waals surface area contributed by atoms with Gasteiger partial charge in [-0.2, -0.15) is 0 Å². The Labute approximate surface area is 140 Å². The molecule has 0 unspecified atom stereocenters. The molecule has 0 saturated carbocycles. The van der Waals surface area contributed by atoms with Crippen molar-refractivity contribution >= 4 is 55.1 Å². The van der Waals surface area contributed by atoms with Gasteiger partial charge in [0.25, 0.3) is 0 Å². The lowest BCUT2D eigenvalue weighted by Crippen LogP contribution is -2.31. The number of thioether (sulfide) groups is 1. The molecule has 0 spiro atoms. The summed E-state index contributed by atoms with van der Waals surface area (Å²) >= 11 is 6.53. The summed E-state index contributed by atoms with van der Waals surface area (Å²) < 4.78 is 6.78. The van der Waals surface area contributed by atoms with E-state index in [1.165, 1.54) is 22.2 Å². The van der Waals surface area contributed by atoms with Gasteiger partial charge in [-0.25, -0.2) is 9.97 Å². The minimum atomic E-state index is -0.158. The molecular weight excluding hydrogens is 370 g/mol. The quantitative estimate of drug-likeness (QED) is 0.635. The first-order chi connectivity index (χ1) is 9.85. The number of rotatable bonds is 3. The molecule has 3 heterocycles. The first-order valence-electron chi connectivity index (χ1n) is 6.53. The van der Waals surface area contributed by atoms with Crippen LogP contribution in [0.1, 0.15) is 24.3 Å². The Morgan fingerprint density at radius 2 is 2.29 bits per heavy atom. The van der Waals surface area contributed by atoms with Crippen LogP contribution >= 0.6 is 39.0 Å². The molecule has 0 aromatic carbocycles. The third kappa shape index (κ3) is 3.11. The van der Waals surface area contributed by atoms with Crippen molar-refractivity contribution in [1.82, 2.24) is 9.97 Å². The van der Waals surface area contributed by atoms with Crippen molar-refractivity contribution in [2.24, 2.45) is 0 Å². The van der Waals surface area contributed by atoms with Gasteiger partial charge in [-0.3, -0.25) is 0 Å². The number of aromatic nitrogens is 2. The summed E-state index contributed by atoms with van der Waals surface area (Å²) in [7, 11) is 0. The van der Waals surface area contributed by atoms with Gasteiger partial charge in [0.05, 0.1) is 17.6 Å². The molecule has 2 aromatic heterocycles. The van der Waals surface area contributed by atoms with Crippen molar-refractivity contribution in [3.63, 3.8) is 0 Å². The van der Waals surface area contributed by atoms with Gasteiger partial charge in [0, 0.05) is 17.1 Å². The Balaban J connectivity index is 2.04. The molecule has 0 aliphatic carbocycles. The molecule has 0 atom stereocenters. The average molecular weight is 386 g/mol. The third-order valence-corrected chi connectivity index (χ3v) is 5.98. The van der Waals surface area contributed by atoms with Crippen LogP contribution in [0.25, 0.3) is 10.2 Å². The van der Waals surface area contributed by atoms with E-state index >= 15 is 0 Å². The van der Waals surface area contributed by atoms with E-state index in [2.05, 4.69) is 46.3 Å². The zero-order valence-corrected chi connectivity index (χ0v) is 15.1. The predicted octanol–water partition coefficient (Wildman–Crippen LogP) is 4.13. The Hall–Kier alpha value is -0.630. The zero-order chi connectivity index (χ0) is 15.2. The fourth-order valence-corrected chi connectivity index (χ4v) is 4.48. The lowest BCUT2D eigenvalue weighted by Gasteiger charge is -2.30. The van der Waals surface area contributed by atoms with E-state index in [9.17, 15) is 0 Å². The molecule has 4 nitrogen and oxygen atoms in total. The van der Waals surface area contributed by atoms with Gasteiger partial charge in [0.1, 0.15) is 10.6 Å². The zero-order valence-electron chi connectivity index (χ0n) is 11.9. The summed E-state index contributed by atoms with van der Waals surface area (Å²) in [5.74, 6) is 1.30. The van der Waals surface area contributed by atoms with Gasteiger partial charge in [0.15, 0.2) is 5.16 Å². The van der Waals surface area contributed by atoms with Crippen molar-refractivity contribution < 1.29 is 4.74 Å². The third-order valence-electron chi connectivity index (χ3n) is 3.30. The molecule has 3 rings (SSSR count). The van der Waals surface area contributed by atoms with Gasteiger partial charge in [-0.15, -0.1) is 11.3 Å². The summed E-state index contributed by atoms with van der Waals surface area (Å²) in [6, 6.07) is 0. The molecule has 1 aliphatic rings. The van der Waals surface area contributed by atoms with Crippen molar-refractivity contribution in [2.75, 3.05) is 11.5 Å². The second-order valence-corrected chi connectivity index (χ2v) is 8.75. The van der Waals surface area contributed by atoms with Crippen molar-refractivity contribution in [2.45, 2.75) is 37.6 Å². The lowest BCUT2D eigenvalue weighted by atomic mass is 9.94. The monoisotopic (exact) mass is 385 g/mol. The minimum Gasteiger partial charge on any atom is -0.383 e. The maximum Gasteiger partial charge on any atom is 0.191 e. The van der Waals surface area contributed by atoms with Crippen LogP contribution in [0.5, 0.6) is 0 Å². The molecule has 2 N–H and O–H groups in total. The van der Waals surface area contributed by atoms with Crippen molar-refractivity contribution in [3.05, 3.63) is 21.5 Å². The summed E-state index contributed by atoms with van der Waals surface area (Å²) in [5.41, 5.74) is 7.28. The summed E-state index contributed by atoms with van der Waals surface area (Å²) in [6.07, 6.45) is 0.848. The number of anilines is 1. The van der Waals surface area contributed by atoms with Crippen LogP contribution in [-0.4, -0.2) is 21.3 Å². The summed E-state index contributed by atoms with van der Waals surface area (Å²) in [5, 5.41) is 1.70. The lowest BCUT2D eigenvalue weighted by molar-refractivity contribution is -0.0379. The summed E-state index contributed by atoms with van der Waals surface area (Å²) in [4.78, 5) is 11.2. The number of nitrogens with two attached hydrogens (primary N) is 1. The van der Waals surface area contributed by atoms with E-state index in [1.54, 1.807) is 11.3 Å². The fourth-order valence-electron chi connectivity index (χ4n) is 2.36. The predicted molar refractivity (Wildman–Crippen MR) is 93.2 cm³/mol. The first-order valence-corrected chi connectivity index (χ1v) is 9.13. The van der Waals surface area contributed by atoms with Gasteiger partial charge in [0.2, 0.25) is 0 Å². The molecule has 0 amide bonds. The number of hydrogen-bond acceptors (Lipinski definition) is 6. The van der Waals surface area contributed by atoms with E-state index in [0.29, 0.717) is 17.6 Å². The molecule has 1 aliphatic heterocycles. The van der Waals surface area contributed by atoms with Gasteiger partial charge in [-0.05, 0) is 23.9 Å². The van der Waals surface area contributed by atoms with Gasteiger partial charge < -0.3 is 10.5 Å². The van der Waals surface area contributed by atoms with E-state index in [0.717, 1.165) is 26.9 Å². The topological polar surface area (TPSA) is 61.0 Å². The normalized spacial score (nSPS) is 16.9. The highest BCUT2D eigenvalue weighted by Crippen LogP contribution is 2.40. The molecule has 0 fully saturated rings. The highest BCUT2D eigenvalue weighted by molar-refractivity contribution is 9.11. The molecule has 2 aromatic rings. The van der Waals surface area contributed by atoms with Crippen LogP contribution in [0.4, 0.5) is 5.82 Å². The molecule has 112 valence electrons. The second-order valence-electron chi connectivity index (χ2n) is 5.61. The van der Waals surface area contributed by atoms with Crippen LogP contribution in [0.15, 0.2) is 16.2 Å². The number of nitrogens with zero attached hydrogens (tertiary/aromatic N) is 2. The number of halogens is 1. The molecule has 0 radical (unpaired) electrons. The van der Waals surface area contributed by atoms with Crippen LogP contribution in [0.2, 0.25) is 0 Å². The minimum absolute atomic E-state index is 0.158. The number of nitrogen functional groups attached to an aromatic ring is 1. The molecular formula is C14H16BrN3OS2. The largest absolute Gasteiger partial charge is 0.383 e. The van der Waals surface area contributed by atoms with Crippen LogP contribution in [0.3, 0.4) is 0 Å². The van der Waals surface area contributed by atoms with E-state index < -0.39 is 0 Å². The van der Waals surface area contributed by atoms with E-state index in [1.807, 2.05) is 0 Å². The Kier molecular flexibility index (Phi) is 4.02. The Morgan fingerprint density at radius 1 is 1.52 bits per heavy atom. The highest BCUT2D eigenvalue weighted by Gasteiger charge is 2.30. The molecule has 0 saturated heterocycles. The maximum absolute atomic E-state index is 6.19. The average Bonchev–Trinajstić information content (AvgIpc) is 2.73. The van der Waals surface area contributed by atoms with E-state index in [-0.39, 0.29) is 5.60 Å². The molecule has 7 heteroatoms. The number of fused-ring (bicyclic) bond motifs is 3. The standard InChI is InChI=1S/C14H16BrN3OS2/c1-7(15)6-20-13-17-11(16)10-8-4-14(2,3)19-5-9(8)21-12(10)18-13/h1,4-6H2,2-3H3,(H2,16,17,18). The number of thiophene rings is 1. The van der Waals surface area contributed by atoms with E-state index in [4.69, 9.17) is 10.5 Å².